The van der Waals surface area contributed by atoms with Crippen LogP contribution in [0.25, 0.3) is 0 Å². The highest BCUT2D eigenvalue weighted by molar-refractivity contribution is 7.80. The van der Waals surface area contributed by atoms with Gasteiger partial charge in [0.2, 0.25) is 0 Å². The number of carboxylic acids is 1. The first kappa shape index (κ1) is 16.7. The van der Waals surface area contributed by atoms with Gasteiger partial charge < -0.3 is 10.0 Å². The number of hydrogen-bond acceptors (Lipinski definition) is 5. The zero-order valence-corrected chi connectivity index (χ0v) is 13.8. The summed E-state index contributed by atoms with van der Waals surface area (Å²) < 4.78 is 0. The lowest BCUT2D eigenvalue weighted by Crippen LogP contribution is -2.35. The molecule has 1 aliphatic heterocycles. The van der Waals surface area contributed by atoms with Crippen molar-refractivity contribution in [2.45, 2.75) is 0 Å². The molecule has 3 rings (SSSR count). The van der Waals surface area contributed by atoms with Crippen LogP contribution in [0.5, 0.6) is 0 Å². The molecule has 0 fully saturated rings. The van der Waals surface area contributed by atoms with Gasteiger partial charge in [-0.05, 0) is 6.07 Å². The molecule has 0 unspecified atom stereocenters. The predicted octanol–water partition coefficient (Wildman–Crippen LogP) is 2.66. The third-order valence-electron chi connectivity index (χ3n) is 3.75. The fraction of sp³-hybridized carbons (Fsp3) is 0.118. The van der Waals surface area contributed by atoms with E-state index in [9.17, 15) is 20.0 Å². The summed E-state index contributed by atoms with van der Waals surface area (Å²) in [6.07, 6.45) is 0. The predicted molar refractivity (Wildman–Crippen MR) is 97.6 cm³/mol. The van der Waals surface area contributed by atoms with Crippen molar-refractivity contribution in [2.24, 2.45) is 4.99 Å². The number of aliphatic carboxylic acids is 1. The van der Waals surface area contributed by atoms with E-state index in [0.29, 0.717) is 22.0 Å². The number of nitrogens with zero attached hydrogens (tertiary/aromatic N) is 3. The van der Waals surface area contributed by atoms with Crippen LogP contribution < -0.4 is 4.90 Å². The number of benzene rings is 2. The van der Waals surface area contributed by atoms with Gasteiger partial charge in [0.25, 0.3) is 5.69 Å². The van der Waals surface area contributed by atoms with Crippen LogP contribution in [0.3, 0.4) is 0 Å². The summed E-state index contributed by atoms with van der Waals surface area (Å²) in [5.41, 5.74) is 2.23. The zero-order chi connectivity index (χ0) is 18.0. The molecule has 2 aromatic rings. The Balaban J connectivity index is 2.22. The first-order valence-corrected chi connectivity index (χ1v) is 7.79. The van der Waals surface area contributed by atoms with Gasteiger partial charge in [0.05, 0.1) is 22.9 Å². The Bertz CT molecular complexity index is 896. The largest absolute Gasteiger partial charge is 0.480 e. The summed E-state index contributed by atoms with van der Waals surface area (Å²) in [4.78, 5) is 28.2. The monoisotopic (exact) mass is 355 g/mol. The number of carbonyl (C=O) groups is 1. The lowest BCUT2D eigenvalue weighted by atomic mass is 9.99. The van der Waals surface area contributed by atoms with Crippen molar-refractivity contribution in [3.05, 3.63) is 69.8 Å². The third-order valence-corrected chi connectivity index (χ3v) is 4.10. The van der Waals surface area contributed by atoms with Crippen LogP contribution in [0.1, 0.15) is 11.1 Å². The van der Waals surface area contributed by atoms with Gasteiger partial charge in [-0.1, -0.05) is 42.5 Å². The third kappa shape index (κ3) is 3.38. The molecule has 126 valence electrons. The molecule has 0 bridgehead atoms. The molecule has 8 heteroatoms. The van der Waals surface area contributed by atoms with Crippen molar-refractivity contribution >= 4 is 40.3 Å². The highest BCUT2D eigenvalue weighted by atomic mass is 32.1. The number of benzodiazepines with no additional fused rings is 1. The zero-order valence-electron chi connectivity index (χ0n) is 13.0. The molecule has 0 saturated heterocycles. The number of fused-ring (bicyclic) bond motifs is 1. The first-order valence-electron chi connectivity index (χ1n) is 7.38. The lowest BCUT2D eigenvalue weighted by molar-refractivity contribution is -0.384. The lowest BCUT2D eigenvalue weighted by Gasteiger charge is -2.23. The summed E-state index contributed by atoms with van der Waals surface area (Å²) in [5.74, 6) is -1.05. The minimum Gasteiger partial charge on any atom is -0.480 e. The normalized spacial score (nSPS) is 13.7. The fourth-order valence-electron chi connectivity index (χ4n) is 2.67. The Labute approximate surface area is 148 Å². The smallest absolute Gasteiger partial charge is 0.323 e. The molecule has 0 amide bonds. The maximum absolute atomic E-state index is 11.2. The number of nitro groups is 1. The summed E-state index contributed by atoms with van der Waals surface area (Å²) in [6, 6.07) is 13.5. The summed E-state index contributed by atoms with van der Waals surface area (Å²) >= 11 is 5.32. The Morgan fingerprint density at radius 1 is 1.28 bits per heavy atom. The summed E-state index contributed by atoms with van der Waals surface area (Å²) in [6.45, 7) is -0.198. The standard InChI is InChI=1S/C17H13N3O4S/c21-16(22)10-19-14-7-6-12(20(23)24)8-13(14)17(18-9-15(19)25)11-4-2-1-3-5-11/h1-8H,9-10H2,(H,21,22). The van der Waals surface area contributed by atoms with Crippen LogP contribution in [-0.4, -0.2) is 39.8 Å². The maximum atomic E-state index is 11.2. The number of thiocarbonyl (C=S) groups is 1. The second-order valence-corrected chi connectivity index (χ2v) is 5.83. The van der Waals surface area contributed by atoms with Gasteiger partial charge >= 0.3 is 5.97 Å². The van der Waals surface area contributed by atoms with Crippen LogP contribution in [0.4, 0.5) is 11.4 Å². The van der Waals surface area contributed by atoms with Gasteiger partial charge in [0, 0.05) is 23.3 Å². The molecule has 25 heavy (non-hydrogen) atoms. The molecular weight excluding hydrogens is 342 g/mol. The minimum atomic E-state index is -1.05. The molecule has 1 N–H and O–H groups in total. The Kier molecular flexibility index (Phi) is 4.53. The van der Waals surface area contributed by atoms with E-state index in [4.69, 9.17) is 12.2 Å². The quantitative estimate of drug-likeness (QED) is 0.515. The van der Waals surface area contributed by atoms with Gasteiger partial charge in [0.15, 0.2) is 0 Å². The molecule has 0 aromatic heterocycles. The Morgan fingerprint density at radius 3 is 2.64 bits per heavy atom. The number of rotatable bonds is 4. The maximum Gasteiger partial charge on any atom is 0.323 e. The Hall–Kier alpha value is -3.13. The molecule has 0 aliphatic carbocycles. The fourth-order valence-corrected chi connectivity index (χ4v) is 2.89. The van der Waals surface area contributed by atoms with E-state index in [1.807, 2.05) is 30.3 Å². The number of anilines is 1. The number of aliphatic imine (C=N–C) groups is 1. The van der Waals surface area contributed by atoms with Crippen LogP contribution in [0.15, 0.2) is 53.5 Å². The number of carboxylic acid groups (broad SMARTS) is 1. The summed E-state index contributed by atoms with van der Waals surface area (Å²) in [5, 5.41) is 20.4. The van der Waals surface area contributed by atoms with Gasteiger partial charge in [-0.15, -0.1) is 0 Å². The average molecular weight is 355 g/mol. The molecule has 2 aromatic carbocycles. The van der Waals surface area contributed by atoms with E-state index in [-0.39, 0.29) is 18.8 Å². The van der Waals surface area contributed by atoms with Crippen molar-refractivity contribution in [3.63, 3.8) is 0 Å². The van der Waals surface area contributed by atoms with Crippen molar-refractivity contribution in [3.8, 4) is 0 Å². The van der Waals surface area contributed by atoms with E-state index < -0.39 is 10.9 Å². The molecule has 0 saturated carbocycles. The first-order chi connectivity index (χ1) is 12.0. The summed E-state index contributed by atoms with van der Waals surface area (Å²) in [7, 11) is 0. The second kappa shape index (κ2) is 6.78. The van der Waals surface area contributed by atoms with Gasteiger partial charge in [0.1, 0.15) is 11.5 Å². The van der Waals surface area contributed by atoms with Crippen LogP contribution >= 0.6 is 12.2 Å². The van der Waals surface area contributed by atoms with Crippen molar-refractivity contribution in [1.82, 2.24) is 0 Å². The number of non-ortho nitro benzene ring substituents is 1. The van der Waals surface area contributed by atoms with Crippen LogP contribution in [0, 0.1) is 10.1 Å². The topological polar surface area (TPSA) is 96.0 Å². The van der Waals surface area contributed by atoms with E-state index in [0.717, 1.165) is 5.56 Å². The molecule has 7 nitrogen and oxygen atoms in total. The van der Waals surface area contributed by atoms with Crippen molar-refractivity contribution < 1.29 is 14.8 Å². The number of nitro benzene ring substituents is 1. The van der Waals surface area contributed by atoms with E-state index in [1.165, 1.54) is 23.1 Å². The number of hydrogen-bond donors (Lipinski definition) is 1. The van der Waals surface area contributed by atoms with E-state index in [1.54, 1.807) is 0 Å². The highest BCUT2D eigenvalue weighted by Crippen LogP contribution is 2.30. The van der Waals surface area contributed by atoms with Gasteiger partial charge in [-0.3, -0.25) is 19.9 Å². The van der Waals surface area contributed by atoms with Crippen molar-refractivity contribution in [1.29, 1.82) is 0 Å². The van der Waals surface area contributed by atoms with E-state index >= 15 is 0 Å². The minimum absolute atomic E-state index is 0.0922. The molecule has 1 heterocycles. The molecule has 0 radical (unpaired) electrons. The van der Waals surface area contributed by atoms with Gasteiger partial charge in [-0.25, -0.2) is 0 Å². The molecule has 1 aliphatic rings. The van der Waals surface area contributed by atoms with Crippen LogP contribution in [-0.2, 0) is 4.79 Å². The Morgan fingerprint density at radius 2 is 2.00 bits per heavy atom. The SMILES string of the molecule is O=C(O)CN1C(=S)CN=C(c2ccccc2)c2cc([N+](=O)[O-])ccc21. The second-order valence-electron chi connectivity index (χ2n) is 5.36. The van der Waals surface area contributed by atoms with Crippen molar-refractivity contribution in [2.75, 3.05) is 18.0 Å². The molecule has 0 spiro atoms. The van der Waals surface area contributed by atoms with Gasteiger partial charge in [-0.2, -0.15) is 0 Å². The average Bonchev–Trinajstić information content (AvgIpc) is 2.72. The molecule has 0 atom stereocenters. The molecular formula is C17H13N3O4S. The van der Waals surface area contributed by atoms with Crippen LogP contribution in [0.2, 0.25) is 0 Å². The van der Waals surface area contributed by atoms with E-state index in [2.05, 4.69) is 4.99 Å². The highest BCUT2D eigenvalue weighted by Gasteiger charge is 2.26.